The maximum absolute atomic E-state index is 13.0. The predicted molar refractivity (Wildman–Crippen MR) is 188 cm³/mol. The van der Waals surface area contributed by atoms with Crippen LogP contribution in [0.3, 0.4) is 0 Å². The number of carbonyl (C=O) groups is 1. The molecular weight excluding hydrogens is 584 g/mol. The fourth-order valence-electron chi connectivity index (χ4n) is 11.6. The van der Waals surface area contributed by atoms with Crippen LogP contribution in [0, 0.1) is 46.3 Å². The average molecular weight is 643 g/mol. The normalized spacial score (nSPS) is 33.7. The fraction of sp³-hybridized carbons (Fsp3) is 0.714. The molecular formula is C42H58O5. The van der Waals surface area contributed by atoms with Gasteiger partial charge in [-0.05, 0) is 135 Å². The summed E-state index contributed by atoms with van der Waals surface area (Å²) in [5, 5.41) is 0.976. The standard InChI is InChI=1S/C42H58O5/c1-26(2)9-8-10-27(3)35-17-18-36-34-15-13-28-23-30(19-21-41(28,4)37(34)20-22-42(35,36)5)46-39(43)25-45-29-14-16-32-31-11-6-7-12-33(31)40(44)47-38(32)24-29/h13-14,16,24,26-27,30,34-37H,6-12,15,17-23,25H2,1-5H3/t27-,30-,34+,35+,36-,37+,41-,42+/m0/s1. The van der Waals surface area contributed by atoms with Crippen LogP contribution in [-0.2, 0) is 22.4 Å². The molecule has 0 N–H and O–H groups in total. The Hall–Kier alpha value is -2.56. The van der Waals surface area contributed by atoms with E-state index in [9.17, 15) is 9.59 Å². The molecule has 7 rings (SSSR count). The Kier molecular flexibility index (Phi) is 9.15. The van der Waals surface area contributed by atoms with Crippen molar-refractivity contribution in [2.75, 3.05) is 6.61 Å². The van der Waals surface area contributed by atoms with Gasteiger partial charge in [-0.15, -0.1) is 0 Å². The number of aryl methyl sites for hydroxylation is 1. The number of carbonyl (C=O) groups excluding carboxylic acids is 1. The lowest BCUT2D eigenvalue weighted by Crippen LogP contribution is -2.51. The summed E-state index contributed by atoms with van der Waals surface area (Å²) < 4.78 is 17.5. The van der Waals surface area contributed by atoms with Gasteiger partial charge in [-0.25, -0.2) is 9.59 Å². The van der Waals surface area contributed by atoms with Crippen molar-refractivity contribution in [3.63, 3.8) is 0 Å². The van der Waals surface area contributed by atoms with Crippen molar-refractivity contribution < 1.29 is 18.7 Å². The number of allylic oxidation sites excluding steroid dienone is 1. The highest BCUT2D eigenvalue weighted by atomic mass is 16.6. The second kappa shape index (κ2) is 13.0. The van der Waals surface area contributed by atoms with Gasteiger partial charge >= 0.3 is 11.6 Å². The molecule has 0 bridgehead atoms. The Morgan fingerprint density at radius 3 is 2.60 bits per heavy atom. The van der Waals surface area contributed by atoms with Crippen LogP contribution in [0.4, 0.5) is 0 Å². The van der Waals surface area contributed by atoms with Crippen molar-refractivity contribution in [1.29, 1.82) is 0 Å². The van der Waals surface area contributed by atoms with Gasteiger partial charge in [0, 0.05) is 23.4 Å². The minimum Gasteiger partial charge on any atom is -0.482 e. The molecule has 0 saturated heterocycles. The van der Waals surface area contributed by atoms with Crippen LogP contribution in [0.15, 0.2) is 39.1 Å². The minimum atomic E-state index is -0.326. The van der Waals surface area contributed by atoms with Gasteiger partial charge < -0.3 is 13.9 Å². The van der Waals surface area contributed by atoms with Crippen LogP contribution in [-0.4, -0.2) is 18.7 Å². The lowest BCUT2D eigenvalue weighted by Gasteiger charge is -2.58. The highest BCUT2D eigenvalue weighted by Crippen LogP contribution is 2.67. The van der Waals surface area contributed by atoms with E-state index in [0.717, 1.165) is 97.0 Å². The third-order valence-corrected chi connectivity index (χ3v) is 14.1. The molecule has 256 valence electrons. The Balaban J connectivity index is 0.953. The Labute approximate surface area is 282 Å². The molecule has 8 atom stereocenters. The van der Waals surface area contributed by atoms with E-state index in [2.05, 4.69) is 40.7 Å². The first kappa shape index (κ1) is 33.0. The molecule has 0 spiro atoms. The van der Waals surface area contributed by atoms with Gasteiger partial charge in [0.15, 0.2) is 6.61 Å². The summed E-state index contributed by atoms with van der Waals surface area (Å²) in [6.07, 6.45) is 20.1. The number of fused-ring (bicyclic) bond motifs is 8. The molecule has 5 nitrogen and oxygen atoms in total. The SMILES string of the molecule is CC(C)CCC[C@H](C)[C@H]1CC[C@H]2[C@H]3CC=C4C[C@@H](OC(=O)COc5ccc6c7c(c(=O)oc6c5)CCCC7)CC[C@]4(C)[C@@H]3CC[C@]12C. The maximum atomic E-state index is 13.0. The molecule has 1 aromatic carbocycles. The molecule has 47 heavy (non-hydrogen) atoms. The van der Waals surface area contributed by atoms with Crippen molar-refractivity contribution in [2.24, 2.45) is 46.3 Å². The Morgan fingerprint density at radius 2 is 1.79 bits per heavy atom. The summed E-state index contributed by atoms with van der Waals surface area (Å²) in [4.78, 5) is 25.5. The summed E-state index contributed by atoms with van der Waals surface area (Å²) in [6, 6.07) is 5.57. The van der Waals surface area contributed by atoms with Gasteiger partial charge in [0.2, 0.25) is 0 Å². The number of hydrogen-bond acceptors (Lipinski definition) is 5. The molecule has 0 radical (unpaired) electrons. The summed E-state index contributed by atoms with van der Waals surface area (Å²) >= 11 is 0. The summed E-state index contributed by atoms with van der Waals surface area (Å²) in [5.41, 5.74) is 4.49. The molecule has 3 fully saturated rings. The third kappa shape index (κ3) is 6.12. The molecule has 5 aliphatic carbocycles. The first-order valence-corrected chi connectivity index (χ1v) is 19.2. The van der Waals surface area contributed by atoms with Crippen molar-refractivity contribution in [1.82, 2.24) is 0 Å². The van der Waals surface area contributed by atoms with E-state index in [4.69, 9.17) is 13.9 Å². The third-order valence-electron chi connectivity index (χ3n) is 14.1. The van der Waals surface area contributed by atoms with Crippen molar-refractivity contribution in [3.05, 3.63) is 51.4 Å². The van der Waals surface area contributed by atoms with Gasteiger partial charge in [-0.3, -0.25) is 0 Å². The topological polar surface area (TPSA) is 65.7 Å². The van der Waals surface area contributed by atoms with E-state index < -0.39 is 0 Å². The van der Waals surface area contributed by atoms with E-state index in [1.807, 2.05) is 12.1 Å². The number of benzene rings is 1. The van der Waals surface area contributed by atoms with E-state index in [0.29, 0.717) is 16.7 Å². The first-order valence-electron chi connectivity index (χ1n) is 19.2. The highest BCUT2D eigenvalue weighted by molar-refractivity contribution is 5.83. The van der Waals surface area contributed by atoms with Crippen molar-refractivity contribution in [3.8, 4) is 5.75 Å². The van der Waals surface area contributed by atoms with Crippen LogP contribution in [0.2, 0.25) is 0 Å². The van der Waals surface area contributed by atoms with Gasteiger partial charge in [0.25, 0.3) is 0 Å². The molecule has 1 aromatic heterocycles. The van der Waals surface area contributed by atoms with Crippen molar-refractivity contribution in [2.45, 2.75) is 137 Å². The van der Waals surface area contributed by atoms with Crippen LogP contribution in [0.1, 0.15) is 129 Å². The number of hydrogen-bond donors (Lipinski definition) is 0. The van der Waals surface area contributed by atoms with E-state index >= 15 is 0 Å². The van der Waals surface area contributed by atoms with Crippen LogP contribution in [0.5, 0.6) is 5.75 Å². The smallest absolute Gasteiger partial charge is 0.344 e. The fourth-order valence-corrected chi connectivity index (χ4v) is 11.6. The zero-order chi connectivity index (χ0) is 32.9. The monoisotopic (exact) mass is 642 g/mol. The first-order chi connectivity index (χ1) is 22.6. The zero-order valence-corrected chi connectivity index (χ0v) is 29.7. The summed E-state index contributed by atoms with van der Waals surface area (Å²) in [7, 11) is 0. The van der Waals surface area contributed by atoms with Gasteiger partial charge in [-0.2, -0.15) is 0 Å². The lowest BCUT2D eigenvalue weighted by molar-refractivity contribution is -0.153. The molecule has 0 unspecified atom stereocenters. The molecule has 0 aliphatic heterocycles. The van der Waals surface area contributed by atoms with Gasteiger partial charge in [0.05, 0.1) is 0 Å². The van der Waals surface area contributed by atoms with E-state index in [1.165, 1.54) is 56.9 Å². The molecule has 1 heterocycles. The largest absolute Gasteiger partial charge is 0.482 e. The molecule has 0 amide bonds. The number of esters is 1. The van der Waals surface area contributed by atoms with Crippen LogP contribution in [0.25, 0.3) is 11.0 Å². The lowest BCUT2D eigenvalue weighted by atomic mass is 9.47. The minimum absolute atomic E-state index is 0.0838. The second-order valence-electron chi connectivity index (χ2n) is 17.1. The summed E-state index contributed by atoms with van der Waals surface area (Å²) in [5.74, 6) is 5.15. The number of rotatable bonds is 9. The number of ether oxygens (including phenoxy) is 2. The maximum Gasteiger partial charge on any atom is 0.344 e. The molecule has 5 heteroatoms. The molecule has 3 saturated carbocycles. The summed E-state index contributed by atoms with van der Waals surface area (Å²) in [6.45, 7) is 12.3. The quantitative estimate of drug-likeness (QED) is 0.155. The zero-order valence-electron chi connectivity index (χ0n) is 29.7. The van der Waals surface area contributed by atoms with E-state index in [1.54, 1.807) is 6.07 Å². The Bertz CT molecular complexity index is 1570. The highest BCUT2D eigenvalue weighted by Gasteiger charge is 2.59. The van der Waals surface area contributed by atoms with Crippen LogP contribution >= 0.6 is 0 Å². The molecule has 5 aliphatic rings. The van der Waals surface area contributed by atoms with Gasteiger partial charge in [0.1, 0.15) is 17.4 Å². The Morgan fingerprint density at radius 1 is 0.979 bits per heavy atom. The van der Waals surface area contributed by atoms with Gasteiger partial charge in [-0.1, -0.05) is 65.5 Å². The molecule has 2 aromatic rings. The predicted octanol–water partition coefficient (Wildman–Crippen LogP) is 10.0. The van der Waals surface area contributed by atoms with Crippen molar-refractivity contribution >= 4 is 16.9 Å². The second-order valence-corrected chi connectivity index (χ2v) is 17.1. The average Bonchev–Trinajstić information content (AvgIpc) is 3.41. The van der Waals surface area contributed by atoms with E-state index in [-0.39, 0.29) is 29.7 Å². The van der Waals surface area contributed by atoms with Crippen LogP contribution < -0.4 is 10.4 Å².